The first kappa shape index (κ1) is 12.9. The highest BCUT2D eigenvalue weighted by Gasteiger charge is 2.23. The Balaban J connectivity index is 1.99. The summed E-state index contributed by atoms with van der Waals surface area (Å²) in [6.07, 6.45) is 4.05. The van der Waals surface area contributed by atoms with Gasteiger partial charge < -0.3 is 14.7 Å². The van der Waals surface area contributed by atoms with Crippen LogP contribution in [0.2, 0.25) is 0 Å². The van der Waals surface area contributed by atoms with Crippen molar-refractivity contribution in [1.29, 1.82) is 5.26 Å². The zero-order valence-corrected chi connectivity index (χ0v) is 10.9. The normalized spacial score (nSPS) is 22.1. The molecule has 2 aliphatic rings. The van der Waals surface area contributed by atoms with Crippen LogP contribution in [-0.4, -0.2) is 66.9 Å². The second kappa shape index (κ2) is 5.87. The minimum absolute atomic E-state index is 0.113. The molecule has 2 heterocycles. The largest absolute Gasteiger partial charge is 0.376 e. The summed E-state index contributed by atoms with van der Waals surface area (Å²) in [4.78, 5) is 18.3. The van der Waals surface area contributed by atoms with E-state index in [0.717, 1.165) is 39.0 Å². The van der Waals surface area contributed by atoms with Gasteiger partial charge in [0.15, 0.2) is 0 Å². The number of rotatable bonds is 2. The Morgan fingerprint density at radius 1 is 1.11 bits per heavy atom. The van der Waals surface area contributed by atoms with Crippen molar-refractivity contribution in [2.75, 3.05) is 46.3 Å². The average Bonchev–Trinajstić information content (AvgIpc) is 2.89. The Morgan fingerprint density at radius 3 is 2.28 bits per heavy atom. The minimum Gasteiger partial charge on any atom is -0.376 e. The molecule has 98 valence electrons. The Kier molecular flexibility index (Phi) is 4.21. The van der Waals surface area contributed by atoms with E-state index in [2.05, 4.69) is 15.9 Å². The van der Waals surface area contributed by atoms with Crippen molar-refractivity contribution in [2.45, 2.75) is 12.8 Å². The van der Waals surface area contributed by atoms with E-state index in [0.29, 0.717) is 13.1 Å². The summed E-state index contributed by atoms with van der Waals surface area (Å²) in [6.45, 7) is 5.12. The number of amides is 1. The molecule has 0 aromatic heterocycles. The van der Waals surface area contributed by atoms with Crippen LogP contribution in [-0.2, 0) is 4.79 Å². The summed E-state index contributed by atoms with van der Waals surface area (Å²) >= 11 is 0. The van der Waals surface area contributed by atoms with E-state index >= 15 is 0 Å². The summed E-state index contributed by atoms with van der Waals surface area (Å²) < 4.78 is 0. The lowest BCUT2D eigenvalue weighted by Gasteiger charge is -2.32. The monoisotopic (exact) mass is 248 g/mol. The third kappa shape index (κ3) is 3.02. The van der Waals surface area contributed by atoms with Gasteiger partial charge in [-0.05, 0) is 19.9 Å². The van der Waals surface area contributed by atoms with Gasteiger partial charge in [0.05, 0.1) is 0 Å². The fourth-order valence-corrected chi connectivity index (χ4v) is 2.37. The van der Waals surface area contributed by atoms with Crippen molar-refractivity contribution in [1.82, 2.24) is 14.7 Å². The third-order valence-electron chi connectivity index (χ3n) is 3.59. The Hall–Kier alpha value is -1.54. The quantitative estimate of drug-likeness (QED) is 0.520. The van der Waals surface area contributed by atoms with Gasteiger partial charge >= 0.3 is 0 Å². The van der Waals surface area contributed by atoms with Crippen LogP contribution in [0.1, 0.15) is 12.8 Å². The molecule has 2 rings (SSSR count). The van der Waals surface area contributed by atoms with E-state index in [1.807, 2.05) is 7.05 Å². The van der Waals surface area contributed by atoms with Crippen molar-refractivity contribution in [3.8, 4) is 6.07 Å². The molecule has 0 saturated carbocycles. The molecule has 0 aromatic rings. The minimum atomic E-state index is -0.113. The molecule has 2 saturated heterocycles. The molecule has 1 amide bonds. The van der Waals surface area contributed by atoms with Gasteiger partial charge in [-0.25, -0.2) is 0 Å². The molecule has 0 radical (unpaired) electrons. The lowest BCUT2D eigenvalue weighted by atomic mass is 10.2. The van der Waals surface area contributed by atoms with E-state index < -0.39 is 0 Å². The summed E-state index contributed by atoms with van der Waals surface area (Å²) in [5.74, 6) is -0.113. The predicted octanol–water partition coefficient (Wildman–Crippen LogP) is 0.264. The Bertz CT molecular complexity index is 371. The number of hydrogen-bond donors (Lipinski definition) is 0. The first-order chi connectivity index (χ1) is 8.70. The Morgan fingerprint density at radius 2 is 1.72 bits per heavy atom. The van der Waals surface area contributed by atoms with E-state index in [1.165, 1.54) is 0 Å². The molecule has 0 unspecified atom stereocenters. The molecule has 0 aromatic carbocycles. The zero-order chi connectivity index (χ0) is 13.0. The molecular weight excluding hydrogens is 228 g/mol. The molecule has 5 heteroatoms. The number of likely N-dealkylation sites (tertiary alicyclic amines) is 1. The molecule has 2 fully saturated rings. The van der Waals surface area contributed by atoms with Crippen molar-refractivity contribution in [3.05, 3.63) is 11.8 Å². The maximum atomic E-state index is 12.2. The first-order valence-corrected chi connectivity index (χ1v) is 6.54. The predicted molar refractivity (Wildman–Crippen MR) is 68.6 cm³/mol. The lowest BCUT2D eigenvalue weighted by molar-refractivity contribution is -0.128. The molecule has 18 heavy (non-hydrogen) atoms. The highest BCUT2D eigenvalue weighted by Crippen LogP contribution is 2.12. The number of piperazine rings is 1. The highest BCUT2D eigenvalue weighted by atomic mass is 16.2. The SMILES string of the molecule is CN1CCN(C(=O)/C(C#N)=C\N2CCCC2)CC1. The maximum absolute atomic E-state index is 12.2. The van der Waals surface area contributed by atoms with Gasteiger partial charge in [-0.2, -0.15) is 5.26 Å². The van der Waals surface area contributed by atoms with Gasteiger partial charge in [0.25, 0.3) is 5.91 Å². The van der Waals surface area contributed by atoms with E-state index in [1.54, 1.807) is 11.1 Å². The van der Waals surface area contributed by atoms with Crippen LogP contribution < -0.4 is 0 Å². The smallest absolute Gasteiger partial charge is 0.266 e. The van der Waals surface area contributed by atoms with E-state index in [9.17, 15) is 4.79 Å². The molecule has 0 N–H and O–H groups in total. The maximum Gasteiger partial charge on any atom is 0.266 e. The van der Waals surface area contributed by atoms with E-state index in [4.69, 9.17) is 5.26 Å². The van der Waals surface area contributed by atoms with Gasteiger partial charge in [-0.3, -0.25) is 4.79 Å². The number of likely N-dealkylation sites (N-methyl/N-ethyl adjacent to an activating group) is 1. The molecule has 0 aliphatic carbocycles. The summed E-state index contributed by atoms with van der Waals surface area (Å²) in [5.41, 5.74) is 0.279. The number of nitriles is 1. The molecule has 0 atom stereocenters. The van der Waals surface area contributed by atoms with Gasteiger partial charge in [0.1, 0.15) is 11.6 Å². The average molecular weight is 248 g/mol. The molecular formula is C13H20N4O. The number of carbonyl (C=O) groups is 1. The van der Waals surface area contributed by atoms with E-state index in [-0.39, 0.29) is 11.5 Å². The second-order valence-electron chi connectivity index (χ2n) is 4.99. The number of carbonyl (C=O) groups excluding carboxylic acids is 1. The molecule has 2 aliphatic heterocycles. The molecule has 0 spiro atoms. The topological polar surface area (TPSA) is 50.6 Å². The highest BCUT2D eigenvalue weighted by molar-refractivity contribution is 5.97. The van der Waals surface area contributed by atoms with Gasteiger partial charge in [-0.1, -0.05) is 0 Å². The first-order valence-electron chi connectivity index (χ1n) is 6.54. The van der Waals surface area contributed by atoms with Crippen LogP contribution in [0, 0.1) is 11.3 Å². The van der Waals surface area contributed by atoms with Crippen molar-refractivity contribution in [3.63, 3.8) is 0 Å². The van der Waals surface area contributed by atoms with Crippen LogP contribution in [0.25, 0.3) is 0 Å². The van der Waals surface area contributed by atoms with Gasteiger partial charge in [-0.15, -0.1) is 0 Å². The third-order valence-corrected chi connectivity index (χ3v) is 3.59. The van der Waals surface area contributed by atoms with Crippen LogP contribution in [0.3, 0.4) is 0 Å². The summed E-state index contributed by atoms with van der Waals surface area (Å²) in [5, 5.41) is 9.14. The van der Waals surface area contributed by atoms with Crippen molar-refractivity contribution < 1.29 is 4.79 Å². The number of nitrogens with zero attached hydrogens (tertiary/aromatic N) is 4. The van der Waals surface area contributed by atoms with Crippen LogP contribution in [0.5, 0.6) is 0 Å². The Labute approximate surface area is 108 Å². The van der Waals surface area contributed by atoms with Crippen molar-refractivity contribution >= 4 is 5.91 Å². The van der Waals surface area contributed by atoms with Crippen LogP contribution >= 0.6 is 0 Å². The van der Waals surface area contributed by atoms with Crippen LogP contribution in [0.4, 0.5) is 0 Å². The lowest BCUT2D eigenvalue weighted by Crippen LogP contribution is -2.47. The van der Waals surface area contributed by atoms with Gasteiger partial charge in [0, 0.05) is 45.5 Å². The summed E-state index contributed by atoms with van der Waals surface area (Å²) in [6, 6.07) is 2.05. The second-order valence-corrected chi connectivity index (χ2v) is 4.99. The fraction of sp³-hybridized carbons (Fsp3) is 0.692. The van der Waals surface area contributed by atoms with Gasteiger partial charge in [0.2, 0.25) is 0 Å². The number of hydrogen-bond acceptors (Lipinski definition) is 4. The summed E-state index contributed by atoms with van der Waals surface area (Å²) in [7, 11) is 2.05. The fourth-order valence-electron chi connectivity index (χ4n) is 2.37. The molecule has 5 nitrogen and oxygen atoms in total. The molecule has 0 bridgehead atoms. The van der Waals surface area contributed by atoms with Crippen LogP contribution in [0.15, 0.2) is 11.8 Å². The zero-order valence-electron chi connectivity index (χ0n) is 10.9. The van der Waals surface area contributed by atoms with Crippen molar-refractivity contribution in [2.24, 2.45) is 0 Å². The standard InChI is InChI=1S/C13H20N4O/c1-15-6-8-17(9-7-15)13(18)12(10-14)11-16-4-2-3-5-16/h11H,2-9H2,1H3/b12-11-.